The van der Waals surface area contributed by atoms with Gasteiger partial charge in [0.05, 0.1) is 23.8 Å². The Morgan fingerprint density at radius 2 is 1.71 bits per heavy atom. The largest absolute Gasteiger partial charge is 0.464 e. The number of nitrogens with zero attached hydrogens (tertiary/aromatic N) is 2. The molecular formula is C28H33FN2O4. The third-order valence-corrected chi connectivity index (χ3v) is 6.25. The molecule has 1 heterocycles. The summed E-state index contributed by atoms with van der Waals surface area (Å²) in [5, 5.41) is 0.440. The van der Waals surface area contributed by atoms with Crippen LogP contribution >= 0.6 is 0 Å². The van der Waals surface area contributed by atoms with Gasteiger partial charge < -0.3 is 14.2 Å². The van der Waals surface area contributed by atoms with Crippen LogP contribution < -0.4 is 5.43 Å². The van der Waals surface area contributed by atoms with Gasteiger partial charge in [-0.15, -0.1) is 0 Å². The molecule has 0 aliphatic carbocycles. The van der Waals surface area contributed by atoms with Gasteiger partial charge in [-0.1, -0.05) is 44.5 Å². The third kappa shape index (κ3) is 6.78. The van der Waals surface area contributed by atoms with Gasteiger partial charge >= 0.3 is 0 Å². The molecule has 1 aromatic heterocycles. The normalized spacial score (nSPS) is 11.9. The Morgan fingerprint density at radius 1 is 1.00 bits per heavy atom. The van der Waals surface area contributed by atoms with E-state index in [1.165, 1.54) is 23.3 Å². The number of carbonyl (C=O) groups is 2. The van der Waals surface area contributed by atoms with Crippen molar-refractivity contribution in [2.45, 2.75) is 65.6 Å². The highest BCUT2D eigenvalue weighted by Gasteiger charge is 2.25. The van der Waals surface area contributed by atoms with E-state index >= 15 is 0 Å². The van der Waals surface area contributed by atoms with Crippen molar-refractivity contribution < 1.29 is 18.4 Å². The van der Waals surface area contributed by atoms with Crippen LogP contribution in [0.25, 0.3) is 11.0 Å². The van der Waals surface area contributed by atoms with Crippen molar-refractivity contribution in [3.63, 3.8) is 0 Å². The van der Waals surface area contributed by atoms with E-state index in [1.807, 2.05) is 20.8 Å². The number of halogens is 1. The van der Waals surface area contributed by atoms with E-state index in [1.54, 1.807) is 41.3 Å². The van der Waals surface area contributed by atoms with Crippen molar-refractivity contribution in [1.29, 1.82) is 0 Å². The lowest BCUT2D eigenvalue weighted by Crippen LogP contribution is -2.46. The smallest absolute Gasteiger partial charge is 0.242 e. The summed E-state index contributed by atoms with van der Waals surface area (Å²) >= 11 is 0. The number of para-hydroxylation sites is 1. The molecule has 2 amide bonds. The lowest BCUT2D eigenvalue weighted by atomic mass is 10.1. The van der Waals surface area contributed by atoms with Crippen LogP contribution in [0.1, 0.15) is 57.6 Å². The van der Waals surface area contributed by atoms with E-state index in [0.717, 1.165) is 24.8 Å². The van der Waals surface area contributed by atoms with Gasteiger partial charge in [0, 0.05) is 19.0 Å². The molecular weight excluding hydrogens is 447 g/mol. The number of rotatable bonds is 11. The average molecular weight is 481 g/mol. The molecule has 3 rings (SSSR count). The zero-order chi connectivity index (χ0) is 25.4. The fourth-order valence-electron chi connectivity index (χ4n) is 3.90. The number of benzene rings is 2. The number of amides is 2. The van der Waals surface area contributed by atoms with Crippen molar-refractivity contribution in [3.05, 3.63) is 82.0 Å². The maximum atomic E-state index is 13.5. The standard InChI is InChI=1S/C28H33FN2O4/c1-4-6-11-26(32)31(20(3)5-2)18-27(33)30(16-21-12-14-23(29)15-13-21)17-22-19-35-25-10-8-7-9-24(25)28(22)34/h7-10,12-15,19-20H,4-6,11,16-18H2,1-3H3. The van der Waals surface area contributed by atoms with Gasteiger partial charge in [-0.05, 0) is 49.6 Å². The van der Waals surface area contributed by atoms with Gasteiger partial charge in [-0.3, -0.25) is 14.4 Å². The Hall–Kier alpha value is -3.48. The highest BCUT2D eigenvalue weighted by molar-refractivity contribution is 5.85. The lowest BCUT2D eigenvalue weighted by Gasteiger charge is -2.31. The summed E-state index contributed by atoms with van der Waals surface area (Å²) in [5.74, 6) is -0.709. The van der Waals surface area contributed by atoms with Crippen molar-refractivity contribution in [1.82, 2.24) is 9.80 Å². The molecule has 0 saturated carbocycles. The average Bonchev–Trinajstić information content (AvgIpc) is 2.87. The molecule has 2 aromatic carbocycles. The van der Waals surface area contributed by atoms with Gasteiger partial charge in [-0.25, -0.2) is 4.39 Å². The van der Waals surface area contributed by atoms with E-state index in [4.69, 9.17) is 4.42 Å². The molecule has 35 heavy (non-hydrogen) atoms. The van der Waals surface area contributed by atoms with Gasteiger partial charge in [0.1, 0.15) is 17.9 Å². The first-order valence-corrected chi connectivity index (χ1v) is 12.1. The van der Waals surface area contributed by atoms with Crippen LogP contribution in [0.2, 0.25) is 0 Å². The van der Waals surface area contributed by atoms with Crippen molar-refractivity contribution in [3.8, 4) is 0 Å². The minimum absolute atomic E-state index is 0.0148. The molecule has 0 spiro atoms. The van der Waals surface area contributed by atoms with E-state index in [-0.39, 0.29) is 48.7 Å². The Kier molecular flexibility index (Phi) is 9.18. The summed E-state index contributed by atoms with van der Waals surface area (Å²) in [5.41, 5.74) is 1.33. The monoisotopic (exact) mass is 480 g/mol. The second-order valence-corrected chi connectivity index (χ2v) is 8.84. The maximum Gasteiger partial charge on any atom is 0.242 e. The predicted molar refractivity (Wildman–Crippen MR) is 134 cm³/mol. The third-order valence-electron chi connectivity index (χ3n) is 6.25. The molecule has 0 radical (unpaired) electrons. The van der Waals surface area contributed by atoms with Gasteiger partial charge in [-0.2, -0.15) is 0 Å². The number of carbonyl (C=O) groups excluding carboxylic acids is 2. The molecule has 0 fully saturated rings. The van der Waals surface area contributed by atoms with Gasteiger partial charge in [0.25, 0.3) is 0 Å². The minimum atomic E-state index is -0.369. The van der Waals surface area contributed by atoms with Crippen LogP contribution in [0.3, 0.4) is 0 Å². The van der Waals surface area contributed by atoms with Crippen LogP contribution in [-0.2, 0) is 22.7 Å². The first-order chi connectivity index (χ1) is 16.8. The Labute approximate surface area is 205 Å². The predicted octanol–water partition coefficient (Wildman–Crippen LogP) is 5.28. The van der Waals surface area contributed by atoms with E-state index in [2.05, 4.69) is 0 Å². The van der Waals surface area contributed by atoms with Crippen LogP contribution in [0, 0.1) is 5.82 Å². The van der Waals surface area contributed by atoms with E-state index in [0.29, 0.717) is 23.0 Å². The van der Waals surface area contributed by atoms with Crippen LogP contribution in [0.4, 0.5) is 4.39 Å². The Balaban J connectivity index is 1.90. The van der Waals surface area contributed by atoms with Gasteiger partial charge in [0.2, 0.25) is 11.8 Å². The van der Waals surface area contributed by atoms with Crippen molar-refractivity contribution >= 4 is 22.8 Å². The number of fused-ring (bicyclic) bond motifs is 1. The number of unbranched alkanes of at least 4 members (excludes halogenated alkanes) is 1. The molecule has 1 atom stereocenters. The fraction of sp³-hybridized carbons (Fsp3) is 0.393. The van der Waals surface area contributed by atoms with E-state index in [9.17, 15) is 18.8 Å². The summed E-state index contributed by atoms with van der Waals surface area (Å²) in [6.45, 7) is 6.03. The van der Waals surface area contributed by atoms with E-state index < -0.39 is 0 Å². The zero-order valence-corrected chi connectivity index (χ0v) is 20.6. The van der Waals surface area contributed by atoms with Gasteiger partial charge in [0.15, 0.2) is 5.43 Å². The van der Waals surface area contributed by atoms with Crippen molar-refractivity contribution in [2.75, 3.05) is 6.54 Å². The Morgan fingerprint density at radius 3 is 2.40 bits per heavy atom. The summed E-state index contributed by atoms with van der Waals surface area (Å²) in [4.78, 5) is 42.6. The molecule has 0 bridgehead atoms. The highest BCUT2D eigenvalue weighted by atomic mass is 19.1. The van der Waals surface area contributed by atoms with Crippen LogP contribution in [0.5, 0.6) is 0 Å². The summed E-state index contributed by atoms with van der Waals surface area (Å²) in [6, 6.07) is 12.7. The molecule has 6 nitrogen and oxygen atoms in total. The first-order valence-electron chi connectivity index (χ1n) is 12.1. The minimum Gasteiger partial charge on any atom is -0.464 e. The number of hydrogen-bond donors (Lipinski definition) is 0. The highest BCUT2D eigenvalue weighted by Crippen LogP contribution is 2.16. The summed E-state index contributed by atoms with van der Waals surface area (Å²) in [6.07, 6.45) is 4.14. The second kappa shape index (κ2) is 12.3. The first kappa shape index (κ1) is 26.1. The molecule has 0 saturated heterocycles. The molecule has 0 aliphatic rings. The second-order valence-electron chi connectivity index (χ2n) is 8.84. The quantitative estimate of drug-likeness (QED) is 0.374. The van der Waals surface area contributed by atoms with Crippen LogP contribution in [-0.4, -0.2) is 34.2 Å². The van der Waals surface area contributed by atoms with Crippen LogP contribution in [0.15, 0.2) is 64.0 Å². The molecule has 186 valence electrons. The van der Waals surface area contributed by atoms with Crippen molar-refractivity contribution in [2.24, 2.45) is 0 Å². The topological polar surface area (TPSA) is 70.8 Å². The number of hydrogen-bond acceptors (Lipinski definition) is 4. The SMILES string of the molecule is CCCCC(=O)N(CC(=O)N(Cc1ccc(F)cc1)Cc1coc2ccccc2c1=O)C(C)CC. The molecule has 1 unspecified atom stereocenters. The fourth-order valence-corrected chi connectivity index (χ4v) is 3.90. The molecule has 0 N–H and O–H groups in total. The summed E-state index contributed by atoms with van der Waals surface area (Å²) < 4.78 is 19.1. The molecule has 3 aromatic rings. The Bertz CT molecular complexity index is 1210. The maximum absolute atomic E-state index is 13.5. The zero-order valence-electron chi connectivity index (χ0n) is 20.6. The lowest BCUT2D eigenvalue weighted by molar-refractivity contribution is -0.143. The molecule has 7 heteroatoms. The summed E-state index contributed by atoms with van der Waals surface area (Å²) in [7, 11) is 0. The molecule has 0 aliphatic heterocycles.